The van der Waals surface area contributed by atoms with Crippen LogP contribution in [0, 0.1) is 11.7 Å². The number of hydrogen-bond acceptors (Lipinski definition) is 6. The van der Waals surface area contributed by atoms with Crippen molar-refractivity contribution in [2.45, 2.75) is 83.5 Å². The van der Waals surface area contributed by atoms with E-state index in [0.29, 0.717) is 31.7 Å². The van der Waals surface area contributed by atoms with Crippen LogP contribution in [0.2, 0.25) is 0 Å². The summed E-state index contributed by atoms with van der Waals surface area (Å²) in [6.45, 7) is 10.7. The summed E-state index contributed by atoms with van der Waals surface area (Å²) in [5, 5.41) is 12.3. The number of hydrogen-bond donors (Lipinski definition) is 4. The van der Waals surface area contributed by atoms with Crippen LogP contribution in [0.3, 0.4) is 0 Å². The van der Waals surface area contributed by atoms with Gasteiger partial charge in [0.15, 0.2) is 0 Å². The lowest BCUT2D eigenvalue weighted by Gasteiger charge is -2.30. The van der Waals surface area contributed by atoms with Crippen LogP contribution in [-0.4, -0.2) is 79.6 Å². The van der Waals surface area contributed by atoms with Crippen LogP contribution in [0.4, 0.5) is 4.39 Å². The lowest BCUT2D eigenvalue weighted by Crippen LogP contribution is -2.60. The van der Waals surface area contributed by atoms with Gasteiger partial charge in [0.05, 0.1) is 6.04 Å². The first-order chi connectivity index (χ1) is 21.1. The zero-order valence-electron chi connectivity index (χ0n) is 26.4. The second-order valence-electron chi connectivity index (χ2n) is 12.6. The second-order valence-corrected chi connectivity index (χ2v) is 12.6. The van der Waals surface area contributed by atoms with E-state index in [-0.39, 0.29) is 41.9 Å². The van der Waals surface area contributed by atoms with Crippen molar-refractivity contribution in [2.75, 3.05) is 32.8 Å². The summed E-state index contributed by atoms with van der Waals surface area (Å²) in [6.07, 6.45) is 3.03. The van der Waals surface area contributed by atoms with Crippen molar-refractivity contribution in [3.05, 3.63) is 65.5 Å². The molecule has 1 fully saturated rings. The summed E-state index contributed by atoms with van der Waals surface area (Å²) in [7, 11) is 0. The minimum Gasteiger partial charge on any atom is -0.492 e. The van der Waals surface area contributed by atoms with Gasteiger partial charge in [-0.3, -0.25) is 19.7 Å². The fourth-order valence-corrected chi connectivity index (χ4v) is 5.91. The fourth-order valence-electron chi connectivity index (χ4n) is 5.91. The summed E-state index contributed by atoms with van der Waals surface area (Å²) in [5.74, 6) is -0.789. The molecule has 1 saturated heterocycles. The lowest BCUT2D eigenvalue weighted by atomic mass is 9.96. The molecule has 44 heavy (non-hydrogen) atoms. The van der Waals surface area contributed by atoms with Crippen LogP contribution in [-0.2, 0) is 20.8 Å². The number of rotatable bonds is 5. The number of benzene rings is 2. The molecule has 0 spiro atoms. The molecule has 0 radical (unpaired) electrons. The Morgan fingerprint density at radius 1 is 0.932 bits per heavy atom. The molecule has 1 unspecified atom stereocenters. The van der Waals surface area contributed by atoms with Gasteiger partial charge in [-0.05, 0) is 86.9 Å². The van der Waals surface area contributed by atoms with Gasteiger partial charge in [0.25, 0.3) is 0 Å². The summed E-state index contributed by atoms with van der Waals surface area (Å²) in [4.78, 5) is 43.1. The zero-order valence-corrected chi connectivity index (χ0v) is 26.4. The largest absolute Gasteiger partial charge is 0.492 e. The highest BCUT2D eigenvalue weighted by Crippen LogP contribution is 2.28. The van der Waals surface area contributed by atoms with E-state index in [0.717, 1.165) is 37.2 Å². The molecule has 0 saturated carbocycles. The molecule has 2 aromatic rings. The van der Waals surface area contributed by atoms with E-state index in [2.05, 4.69) is 33.1 Å². The second kappa shape index (κ2) is 16.0. The van der Waals surface area contributed by atoms with Crippen LogP contribution < -0.4 is 26.0 Å². The van der Waals surface area contributed by atoms with Gasteiger partial charge in [-0.15, -0.1) is 0 Å². The number of carbonyl (C=O) groups is 3. The molecule has 3 amide bonds. The maximum absolute atomic E-state index is 14.1. The zero-order chi connectivity index (χ0) is 31.6. The number of nitrogens with one attached hydrogen (secondary N) is 4. The molecule has 9 nitrogen and oxygen atoms in total. The fraction of sp³-hybridized carbons (Fsp3) is 0.559. The Bertz CT molecular complexity index is 1270. The lowest BCUT2D eigenvalue weighted by molar-refractivity contribution is -0.133. The van der Waals surface area contributed by atoms with Crippen LogP contribution in [0.5, 0.6) is 5.75 Å². The first-order valence-electron chi connectivity index (χ1n) is 15.9. The average molecular weight is 610 g/mol. The Hall–Kier alpha value is -3.50. The molecule has 0 aromatic heterocycles. The first-order valence-corrected chi connectivity index (χ1v) is 15.9. The maximum Gasteiger partial charge on any atom is 0.243 e. The number of nitrogens with zero attached hydrogens (tertiary/aromatic N) is 1. The Morgan fingerprint density at radius 3 is 2.41 bits per heavy atom. The third-order valence-corrected chi connectivity index (χ3v) is 8.47. The number of fused-ring (bicyclic) bond motifs is 1. The van der Waals surface area contributed by atoms with Crippen molar-refractivity contribution < 1.29 is 23.5 Å². The van der Waals surface area contributed by atoms with Crippen LogP contribution in [0.25, 0.3) is 0 Å². The van der Waals surface area contributed by atoms with Crippen molar-refractivity contribution in [1.82, 2.24) is 26.2 Å². The van der Waals surface area contributed by atoms with Crippen LogP contribution in [0.15, 0.2) is 48.5 Å². The molecular weight excluding hydrogens is 561 g/mol. The van der Waals surface area contributed by atoms with Crippen molar-refractivity contribution >= 4 is 17.7 Å². The molecule has 0 aliphatic carbocycles. The molecule has 5 atom stereocenters. The van der Waals surface area contributed by atoms with Gasteiger partial charge in [0, 0.05) is 19.1 Å². The van der Waals surface area contributed by atoms with Crippen molar-refractivity contribution in [2.24, 2.45) is 5.92 Å². The molecule has 0 bridgehead atoms. The van der Waals surface area contributed by atoms with E-state index in [1.54, 1.807) is 12.1 Å². The Morgan fingerprint density at radius 2 is 1.68 bits per heavy atom. The molecule has 240 valence electrons. The SMILES string of the molecule is CC1CCNC(=O)[C@H](CN2CCCC2)NC(=O)[C@@H](C(C)C)NC(=O)[C@@H](Cc2cccc(F)c2)N[C@@H](C)COc2ccccc21. The Kier molecular flexibility index (Phi) is 12.1. The van der Waals surface area contributed by atoms with Crippen molar-refractivity contribution in [3.63, 3.8) is 0 Å². The summed E-state index contributed by atoms with van der Waals surface area (Å²) >= 11 is 0. The average Bonchev–Trinajstić information content (AvgIpc) is 3.50. The van der Waals surface area contributed by atoms with Gasteiger partial charge < -0.3 is 25.6 Å². The Labute approximate surface area is 260 Å². The van der Waals surface area contributed by atoms with Gasteiger partial charge in [0.1, 0.15) is 30.3 Å². The minimum absolute atomic E-state index is 0.108. The van der Waals surface area contributed by atoms with E-state index in [1.165, 1.54) is 12.1 Å². The normalized spacial score (nSPS) is 26.5. The van der Waals surface area contributed by atoms with Crippen LogP contribution >= 0.6 is 0 Å². The number of amides is 3. The Balaban J connectivity index is 1.63. The highest BCUT2D eigenvalue weighted by molar-refractivity contribution is 5.93. The maximum atomic E-state index is 14.1. The van der Waals surface area contributed by atoms with Gasteiger partial charge in [-0.1, -0.05) is 51.1 Å². The van der Waals surface area contributed by atoms with Gasteiger partial charge in [-0.25, -0.2) is 4.39 Å². The molecule has 4 rings (SSSR count). The van der Waals surface area contributed by atoms with Crippen molar-refractivity contribution in [3.8, 4) is 5.75 Å². The monoisotopic (exact) mass is 609 g/mol. The molecule has 2 aliphatic rings. The quantitative estimate of drug-likeness (QED) is 0.415. The summed E-state index contributed by atoms with van der Waals surface area (Å²) in [5.41, 5.74) is 1.69. The first kappa shape index (κ1) is 33.4. The minimum atomic E-state index is -0.870. The third-order valence-electron chi connectivity index (χ3n) is 8.47. The number of para-hydroxylation sites is 1. The molecule has 4 N–H and O–H groups in total. The molecule has 2 heterocycles. The van der Waals surface area contributed by atoms with E-state index < -0.39 is 24.0 Å². The molecule has 2 aliphatic heterocycles. The van der Waals surface area contributed by atoms with Crippen LogP contribution in [0.1, 0.15) is 64.0 Å². The number of carbonyl (C=O) groups excluding carboxylic acids is 3. The highest BCUT2D eigenvalue weighted by atomic mass is 19.1. The van der Waals surface area contributed by atoms with Gasteiger partial charge >= 0.3 is 0 Å². The van der Waals surface area contributed by atoms with Crippen molar-refractivity contribution in [1.29, 1.82) is 0 Å². The topological polar surface area (TPSA) is 112 Å². The number of ether oxygens (including phenoxy) is 1. The third kappa shape index (κ3) is 9.50. The smallest absolute Gasteiger partial charge is 0.243 e. The van der Waals surface area contributed by atoms with Gasteiger partial charge in [0.2, 0.25) is 17.7 Å². The van der Waals surface area contributed by atoms with E-state index in [4.69, 9.17) is 4.74 Å². The van der Waals surface area contributed by atoms with E-state index in [1.807, 2.05) is 45.0 Å². The molecular formula is C34H48FN5O4. The van der Waals surface area contributed by atoms with E-state index >= 15 is 0 Å². The van der Waals surface area contributed by atoms with Gasteiger partial charge in [-0.2, -0.15) is 0 Å². The molecule has 2 aromatic carbocycles. The summed E-state index contributed by atoms with van der Waals surface area (Å²) < 4.78 is 20.3. The standard InChI is InChI=1S/C34H48FN5O4/c1-22(2)31-34(43)38-29(20-40-16-7-8-17-40)32(41)36-15-14-23(3)27-12-5-6-13-30(27)44-21-24(4)37-28(33(42)39-31)19-25-10-9-11-26(35)18-25/h5-6,9-13,18,22-24,28-29,31,37H,7-8,14-17,19-21H2,1-4H3,(H,36,41)(H,38,43)(H,39,42)/t23?,24-,28+,29-,31+/m0/s1. The number of halogens is 1. The predicted octanol–water partition coefficient (Wildman–Crippen LogP) is 3.14. The predicted molar refractivity (Wildman–Crippen MR) is 169 cm³/mol. The molecule has 10 heteroatoms. The number of likely N-dealkylation sites (tertiary alicyclic amines) is 1. The van der Waals surface area contributed by atoms with E-state index in [9.17, 15) is 18.8 Å². The highest BCUT2D eigenvalue weighted by Gasteiger charge is 2.33. The summed E-state index contributed by atoms with van der Waals surface area (Å²) in [6, 6.07) is 11.4.